The zero-order valence-corrected chi connectivity index (χ0v) is 15.7. The van der Waals surface area contributed by atoms with Gasteiger partial charge >= 0.3 is 0 Å². The average molecular weight is 383 g/mol. The number of hydrogen-bond acceptors (Lipinski definition) is 7. The lowest BCUT2D eigenvalue weighted by molar-refractivity contribution is -0.133. The van der Waals surface area contributed by atoms with E-state index in [-0.39, 0.29) is 29.9 Å². The molecule has 1 aliphatic heterocycles. The van der Waals surface area contributed by atoms with Crippen molar-refractivity contribution in [2.45, 2.75) is 38.6 Å². The van der Waals surface area contributed by atoms with Crippen molar-refractivity contribution in [3.63, 3.8) is 0 Å². The summed E-state index contributed by atoms with van der Waals surface area (Å²) in [4.78, 5) is 19.5. The van der Waals surface area contributed by atoms with Gasteiger partial charge in [0, 0.05) is 25.4 Å². The highest BCUT2D eigenvalue weighted by atomic mass is 32.2. The Morgan fingerprint density at radius 2 is 2.32 bits per heavy atom. The van der Waals surface area contributed by atoms with Gasteiger partial charge in [-0.05, 0) is 24.3 Å². The number of carbonyl (C=O) groups is 1. The first-order valence-electron chi connectivity index (χ1n) is 8.35. The summed E-state index contributed by atoms with van der Waals surface area (Å²) < 4.78 is 28.6. The number of amides is 1. The molecule has 0 spiro atoms. The van der Waals surface area contributed by atoms with Crippen LogP contribution >= 0.6 is 11.3 Å². The van der Waals surface area contributed by atoms with Crippen LogP contribution in [0, 0.1) is 0 Å². The van der Waals surface area contributed by atoms with Gasteiger partial charge in [-0.3, -0.25) is 4.79 Å². The second kappa shape index (κ2) is 7.65. The van der Waals surface area contributed by atoms with Gasteiger partial charge in [0.05, 0.1) is 16.4 Å². The zero-order chi connectivity index (χ0) is 17.9. The molecule has 1 amide bonds. The number of sulfone groups is 1. The third-order valence-electron chi connectivity index (χ3n) is 4.20. The molecule has 0 N–H and O–H groups in total. The maximum Gasteiger partial charge on any atom is 0.227 e. The van der Waals surface area contributed by atoms with Crippen molar-refractivity contribution in [2.24, 2.45) is 0 Å². The van der Waals surface area contributed by atoms with Crippen LogP contribution in [0.3, 0.4) is 0 Å². The molecule has 3 rings (SSSR count). The molecule has 7 nitrogen and oxygen atoms in total. The summed E-state index contributed by atoms with van der Waals surface area (Å²) in [7, 11) is -3.01. The van der Waals surface area contributed by atoms with Gasteiger partial charge in [-0.1, -0.05) is 18.1 Å². The molecule has 0 saturated carbocycles. The Morgan fingerprint density at radius 3 is 2.96 bits per heavy atom. The van der Waals surface area contributed by atoms with Crippen molar-refractivity contribution in [1.82, 2.24) is 15.0 Å². The predicted octanol–water partition coefficient (Wildman–Crippen LogP) is 2.16. The van der Waals surface area contributed by atoms with Gasteiger partial charge in [-0.15, -0.1) is 11.3 Å². The summed E-state index contributed by atoms with van der Waals surface area (Å²) >= 11 is 1.52. The molecule has 2 aromatic heterocycles. The Hall–Kier alpha value is -1.74. The van der Waals surface area contributed by atoms with Crippen molar-refractivity contribution in [2.75, 3.05) is 18.1 Å². The monoisotopic (exact) mass is 383 g/mol. The molecule has 25 heavy (non-hydrogen) atoms. The van der Waals surface area contributed by atoms with Crippen molar-refractivity contribution in [3.05, 3.63) is 23.4 Å². The van der Waals surface area contributed by atoms with Crippen molar-refractivity contribution < 1.29 is 17.7 Å². The summed E-state index contributed by atoms with van der Waals surface area (Å²) in [5.74, 6) is 1.14. The Bertz CT molecular complexity index is 814. The SMILES string of the molecule is CCCN(C(=O)CCc1nc(-c2cccs2)no1)C1CCS(=O)(=O)C1. The number of nitrogens with zero attached hydrogens (tertiary/aromatic N) is 3. The van der Waals surface area contributed by atoms with Gasteiger partial charge < -0.3 is 9.42 Å². The van der Waals surface area contributed by atoms with Crippen LogP contribution < -0.4 is 0 Å². The average Bonchev–Trinajstić information content (AvgIpc) is 3.30. The molecule has 9 heteroatoms. The highest BCUT2D eigenvalue weighted by Gasteiger charge is 2.34. The summed E-state index contributed by atoms with van der Waals surface area (Å²) in [5.41, 5.74) is 0. The third-order valence-corrected chi connectivity index (χ3v) is 6.81. The number of thiophene rings is 1. The van der Waals surface area contributed by atoms with Gasteiger partial charge in [0.2, 0.25) is 17.6 Å². The molecule has 136 valence electrons. The molecule has 3 heterocycles. The van der Waals surface area contributed by atoms with E-state index in [2.05, 4.69) is 10.1 Å². The van der Waals surface area contributed by atoms with Crippen LogP contribution in [0.4, 0.5) is 0 Å². The van der Waals surface area contributed by atoms with E-state index < -0.39 is 9.84 Å². The molecule has 0 bridgehead atoms. The topological polar surface area (TPSA) is 93.4 Å². The van der Waals surface area contributed by atoms with Crippen LogP contribution in [0.25, 0.3) is 10.7 Å². The fraction of sp³-hybridized carbons (Fsp3) is 0.562. The Balaban J connectivity index is 1.60. The third kappa shape index (κ3) is 4.46. The molecule has 2 aromatic rings. The highest BCUT2D eigenvalue weighted by Crippen LogP contribution is 2.22. The van der Waals surface area contributed by atoms with Crippen LogP contribution in [0.1, 0.15) is 32.1 Å². The fourth-order valence-corrected chi connectivity index (χ4v) is 5.37. The lowest BCUT2D eigenvalue weighted by atomic mass is 10.1. The maximum absolute atomic E-state index is 12.6. The van der Waals surface area contributed by atoms with E-state index in [1.54, 1.807) is 4.90 Å². The highest BCUT2D eigenvalue weighted by molar-refractivity contribution is 7.91. The van der Waals surface area contributed by atoms with Crippen molar-refractivity contribution in [1.29, 1.82) is 0 Å². The number of carbonyl (C=O) groups excluding carboxylic acids is 1. The van der Waals surface area contributed by atoms with Crippen LogP contribution in [0.5, 0.6) is 0 Å². The van der Waals surface area contributed by atoms with Gasteiger partial charge in [0.1, 0.15) is 0 Å². The summed E-state index contributed by atoms with van der Waals surface area (Å²) in [6, 6.07) is 3.62. The van der Waals surface area contributed by atoms with E-state index >= 15 is 0 Å². The summed E-state index contributed by atoms with van der Waals surface area (Å²) in [6.07, 6.45) is 1.92. The number of hydrogen-bond donors (Lipinski definition) is 0. The smallest absolute Gasteiger partial charge is 0.227 e. The fourth-order valence-electron chi connectivity index (χ4n) is 2.99. The van der Waals surface area contributed by atoms with Crippen LogP contribution in [0.15, 0.2) is 22.0 Å². The second-order valence-corrected chi connectivity index (χ2v) is 9.31. The number of rotatable bonds is 7. The van der Waals surface area contributed by atoms with E-state index in [0.29, 0.717) is 31.1 Å². The zero-order valence-electron chi connectivity index (χ0n) is 14.1. The molecule has 0 radical (unpaired) electrons. The minimum atomic E-state index is -3.01. The normalized spacial score (nSPS) is 19.2. The van der Waals surface area contributed by atoms with E-state index in [1.165, 1.54) is 11.3 Å². The standard InChI is InChI=1S/C16H21N3O4S2/c1-2-8-19(12-7-10-25(21,22)11-12)15(20)6-5-14-17-16(18-23-14)13-4-3-9-24-13/h3-4,9,12H,2,5-8,10-11H2,1H3. The first-order chi connectivity index (χ1) is 12.0. The lowest BCUT2D eigenvalue weighted by Crippen LogP contribution is -2.41. The maximum atomic E-state index is 12.6. The van der Waals surface area contributed by atoms with Crippen molar-refractivity contribution >= 4 is 27.1 Å². The van der Waals surface area contributed by atoms with Gasteiger partial charge in [0.15, 0.2) is 9.84 Å². The minimum Gasteiger partial charge on any atom is -0.339 e. The van der Waals surface area contributed by atoms with Gasteiger partial charge in [0.25, 0.3) is 0 Å². The van der Waals surface area contributed by atoms with Gasteiger partial charge in [-0.25, -0.2) is 8.42 Å². The first kappa shape index (κ1) is 18.1. The minimum absolute atomic E-state index is 0.0557. The second-order valence-electron chi connectivity index (χ2n) is 6.13. The molecule has 0 aliphatic carbocycles. The summed E-state index contributed by atoms with van der Waals surface area (Å²) in [5, 5.41) is 5.87. The Kier molecular flexibility index (Phi) is 5.53. The number of aromatic nitrogens is 2. The van der Waals surface area contributed by atoms with Gasteiger partial charge in [-0.2, -0.15) is 4.98 Å². The first-order valence-corrected chi connectivity index (χ1v) is 11.0. The van der Waals surface area contributed by atoms with Crippen LogP contribution in [0.2, 0.25) is 0 Å². The molecule has 1 aliphatic rings. The molecule has 0 aromatic carbocycles. The van der Waals surface area contributed by atoms with Crippen LogP contribution in [-0.2, 0) is 21.1 Å². The predicted molar refractivity (Wildman–Crippen MR) is 95.0 cm³/mol. The molecule has 1 unspecified atom stereocenters. The largest absolute Gasteiger partial charge is 0.339 e. The molecule has 1 saturated heterocycles. The molecule has 1 fully saturated rings. The molecule has 1 atom stereocenters. The summed E-state index contributed by atoms with van der Waals surface area (Å²) in [6.45, 7) is 2.55. The number of aryl methyl sites for hydroxylation is 1. The lowest BCUT2D eigenvalue weighted by Gasteiger charge is -2.27. The van der Waals surface area contributed by atoms with E-state index in [4.69, 9.17) is 4.52 Å². The molecular formula is C16H21N3O4S2. The Morgan fingerprint density at radius 1 is 1.48 bits per heavy atom. The molecular weight excluding hydrogens is 362 g/mol. The van der Waals surface area contributed by atoms with Crippen LogP contribution in [-0.4, -0.2) is 53.5 Å². The van der Waals surface area contributed by atoms with Crippen molar-refractivity contribution in [3.8, 4) is 10.7 Å². The van der Waals surface area contributed by atoms with E-state index in [0.717, 1.165) is 11.3 Å². The van der Waals surface area contributed by atoms with E-state index in [9.17, 15) is 13.2 Å². The quantitative estimate of drug-likeness (QED) is 0.727. The Labute approximate surface area is 151 Å². The van der Waals surface area contributed by atoms with E-state index in [1.807, 2.05) is 24.4 Å².